The van der Waals surface area contributed by atoms with Crippen LogP contribution in [0.1, 0.15) is 73.6 Å². The minimum absolute atomic E-state index is 0.107. The minimum atomic E-state index is 0.107. The van der Waals surface area contributed by atoms with E-state index < -0.39 is 0 Å². The molecule has 0 N–H and O–H groups in total. The predicted octanol–water partition coefficient (Wildman–Crippen LogP) is 11.9. The van der Waals surface area contributed by atoms with Crippen LogP contribution in [0, 0.1) is 23.7 Å². The summed E-state index contributed by atoms with van der Waals surface area (Å²) in [4.78, 5) is 5.26. The molecule has 0 amide bonds. The van der Waals surface area contributed by atoms with E-state index in [-0.39, 0.29) is 17.5 Å². The predicted molar refractivity (Wildman–Crippen MR) is 244 cm³/mol. The maximum Gasteiger partial charge on any atom is 0.252 e. The maximum atomic E-state index is 2.65. The van der Waals surface area contributed by atoms with Gasteiger partial charge >= 0.3 is 0 Å². The van der Waals surface area contributed by atoms with Gasteiger partial charge in [0.15, 0.2) is 0 Å². The van der Waals surface area contributed by atoms with Gasteiger partial charge in [-0.25, -0.2) is 0 Å². The van der Waals surface area contributed by atoms with Crippen molar-refractivity contribution in [2.24, 2.45) is 23.7 Å². The number of hydrogen-bond acceptors (Lipinski definition) is 2. The van der Waals surface area contributed by atoms with Crippen molar-refractivity contribution in [3.63, 3.8) is 0 Å². The molecule has 282 valence electrons. The Morgan fingerprint density at radius 2 is 1.02 bits per heavy atom. The van der Waals surface area contributed by atoms with E-state index in [1.54, 1.807) is 22.3 Å². The Labute approximate surface area is 347 Å². The van der Waals surface area contributed by atoms with Gasteiger partial charge in [0, 0.05) is 45.0 Å². The molecule has 3 unspecified atom stereocenters. The fourth-order valence-electron chi connectivity index (χ4n) is 15.5. The molecule has 2 heterocycles. The van der Waals surface area contributed by atoms with Gasteiger partial charge < -0.3 is 9.80 Å². The Balaban J connectivity index is 1.00. The zero-order chi connectivity index (χ0) is 38.2. The second-order valence-electron chi connectivity index (χ2n) is 19.6. The van der Waals surface area contributed by atoms with E-state index in [4.69, 9.17) is 0 Å². The van der Waals surface area contributed by atoms with E-state index in [0.29, 0.717) is 0 Å². The van der Waals surface area contributed by atoms with Crippen LogP contribution < -0.4 is 26.2 Å². The van der Waals surface area contributed by atoms with Crippen LogP contribution in [0.4, 0.5) is 34.1 Å². The molecule has 4 bridgehead atoms. The summed E-state index contributed by atoms with van der Waals surface area (Å²) in [6.07, 6.45) is 10.9. The van der Waals surface area contributed by atoms with Crippen LogP contribution >= 0.6 is 0 Å². The lowest BCUT2D eigenvalue weighted by Gasteiger charge is -2.45. The van der Waals surface area contributed by atoms with Crippen LogP contribution in [0.3, 0.4) is 0 Å². The molecule has 6 atom stereocenters. The van der Waals surface area contributed by atoms with Crippen molar-refractivity contribution in [1.29, 1.82) is 0 Å². The van der Waals surface area contributed by atoms with Crippen LogP contribution in [-0.4, -0.2) is 6.71 Å². The van der Waals surface area contributed by atoms with Crippen molar-refractivity contribution in [3.05, 3.63) is 174 Å². The third kappa shape index (κ3) is 3.75. The first-order chi connectivity index (χ1) is 29.2. The zero-order valence-corrected chi connectivity index (χ0v) is 33.4. The van der Waals surface area contributed by atoms with Crippen molar-refractivity contribution in [3.8, 4) is 22.3 Å². The number of hydrogen-bond donors (Lipinski definition) is 0. The van der Waals surface area contributed by atoms with E-state index in [0.717, 1.165) is 23.7 Å². The number of fused-ring (bicyclic) bond motifs is 21. The lowest BCUT2D eigenvalue weighted by molar-refractivity contribution is 0.327. The summed E-state index contributed by atoms with van der Waals surface area (Å²) in [7, 11) is 0. The molecule has 4 saturated carbocycles. The summed E-state index contributed by atoms with van der Waals surface area (Å²) >= 11 is 0. The lowest BCUT2D eigenvalue weighted by atomic mass is 9.32. The molecule has 0 saturated heterocycles. The molecule has 3 heteroatoms. The van der Waals surface area contributed by atoms with E-state index in [2.05, 4.69) is 161 Å². The molecule has 4 fully saturated rings. The normalized spacial score (nSPS) is 27.5. The van der Waals surface area contributed by atoms with E-state index >= 15 is 0 Å². The van der Waals surface area contributed by atoms with Gasteiger partial charge in [-0.15, -0.1) is 0 Å². The molecule has 7 aromatic carbocycles. The Morgan fingerprint density at radius 3 is 1.75 bits per heavy atom. The average Bonchev–Trinajstić information content (AvgIpc) is 4.17. The molecule has 2 nitrogen and oxygen atoms in total. The van der Waals surface area contributed by atoms with E-state index in [9.17, 15) is 0 Å². The molecule has 6 aliphatic carbocycles. The Kier molecular flexibility index (Phi) is 6.02. The van der Waals surface area contributed by atoms with E-state index in [1.807, 2.05) is 0 Å². The number of benzene rings is 7. The average molecular weight is 757 g/mol. The highest BCUT2D eigenvalue weighted by molar-refractivity contribution is 7.01. The Morgan fingerprint density at radius 1 is 0.424 bits per heavy atom. The first-order valence-corrected chi connectivity index (χ1v) is 22.6. The summed E-state index contributed by atoms with van der Waals surface area (Å²) in [6.45, 7) is 0.107. The van der Waals surface area contributed by atoms with Gasteiger partial charge in [-0.05, 0) is 172 Å². The Hall–Kier alpha value is -5.80. The summed E-state index contributed by atoms with van der Waals surface area (Å²) in [6, 6.07) is 59.5. The molecule has 8 aliphatic rings. The summed E-state index contributed by atoms with van der Waals surface area (Å²) < 4.78 is 0. The highest BCUT2D eigenvalue weighted by Crippen LogP contribution is 2.67. The highest BCUT2D eigenvalue weighted by atomic mass is 15.2. The van der Waals surface area contributed by atoms with Crippen molar-refractivity contribution in [2.45, 2.75) is 62.2 Å². The van der Waals surface area contributed by atoms with Crippen LogP contribution in [0.2, 0.25) is 0 Å². The first kappa shape index (κ1) is 32.1. The number of anilines is 6. The van der Waals surface area contributed by atoms with Gasteiger partial charge in [-0.1, -0.05) is 116 Å². The standard InChI is InChI=1S/C56H45BN2/c1-2-11-38(12-3-1)58-49-19-10-20-50-53(49)57(54-51(58)28-27-45-52(54)42-14-5-7-16-44(42)55(45)32-34-21-23-36(55)29-34)47-17-8-9-18-48(47)59(50)39-25-26-41-40-13-4-6-15-43(40)56(46(41)31-39)33-35-22-24-37(56)30-35/h1-20,25-28,31,34-37H,21-24,29-30,32-33H2/t34?,35-,36?,37?,55+,56+/m1/s1. The van der Waals surface area contributed by atoms with Crippen molar-refractivity contribution < 1.29 is 0 Å². The van der Waals surface area contributed by atoms with Gasteiger partial charge in [0.05, 0.1) is 0 Å². The maximum absolute atomic E-state index is 2.65. The van der Waals surface area contributed by atoms with Crippen molar-refractivity contribution in [2.75, 3.05) is 9.80 Å². The molecular formula is C56H45BN2. The van der Waals surface area contributed by atoms with Crippen molar-refractivity contribution >= 4 is 57.2 Å². The second kappa shape index (κ2) is 11.1. The molecule has 59 heavy (non-hydrogen) atoms. The fourth-order valence-corrected chi connectivity index (χ4v) is 15.5. The fraction of sp³-hybridized carbons (Fsp3) is 0.250. The quantitative estimate of drug-likeness (QED) is 0.162. The lowest BCUT2D eigenvalue weighted by Crippen LogP contribution is -2.62. The largest absolute Gasteiger partial charge is 0.311 e. The van der Waals surface area contributed by atoms with Crippen LogP contribution in [-0.2, 0) is 10.8 Å². The second-order valence-corrected chi connectivity index (χ2v) is 19.6. The minimum Gasteiger partial charge on any atom is -0.311 e. The molecular weight excluding hydrogens is 711 g/mol. The van der Waals surface area contributed by atoms with Crippen LogP contribution in [0.25, 0.3) is 22.3 Å². The summed E-state index contributed by atoms with van der Waals surface area (Å²) in [5.74, 6) is 3.13. The monoisotopic (exact) mass is 756 g/mol. The van der Waals surface area contributed by atoms with Crippen molar-refractivity contribution in [1.82, 2.24) is 0 Å². The van der Waals surface area contributed by atoms with Crippen LogP contribution in [0.5, 0.6) is 0 Å². The number of nitrogens with zero attached hydrogens (tertiary/aromatic N) is 2. The molecule has 2 aliphatic heterocycles. The van der Waals surface area contributed by atoms with Crippen LogP contribution in [0.15, 0.2) is 152 Å². The van der Waals surface area contributed by atoms with Gasteiger partial charge in [-0.2, -0.15) is 0 Å². The topological polar surface area (TPSA) is 6.48 Å². The molecule has 2 spiro atoms. The van der Waals surface area contributed by atoms with Gasteiger partial charge in [0.25, 0.3) is 6.71 Å². The summed E-state index contributed by atoms with van der Waals surface area (Å²) in [5.41, 5.74) is 24.7. The van der Waals surface area contributed by atoms with Gasteiger partial charge in [0.2, 0.25) is 0 Å². The third-order valence-corrected chi connectivity index (χ3v) is 17.4. The first-order valence-electron chi connectivity index (χ1n) is 22.6. The molecule has 7 aromatic rings. The zero-order valence-electron chi connectivity index (χ0n) is 33.4. The molecule has 0 aromatic heterocycles. The van der Waals surface area contributed by atoms with Gasteiger partial charge in [-0.3, -0.25) is 0 Å². The highest BCUT2D eigenvalue weighted by Gasteiger charge is 2.59. The smallest absolute Gasteiger partial charge is 0.252 e. The molecule has 15 rings (SSSR count). The number of para-hydroxylation sites is 2. The number of rotatable bonds is 2. The Bertz CT molecular complexity index is 2990. The van der Waals surface area contributed by atoms with Gasteiger partial charge in [0.1, 0.15) is 0 Å². The molecule has 0 radical (unpaired) electrons. The summed E-state index contributed by atoms with van der Waals surface area (Å²) in [5, 5.41) is 0. The third-order valence-electron chi connectivity index (χ3n) is 17.4. The SMILES string of the molecule is c1ccc(N2c3cccc4c3B(c3ccccc3N4c3ccc4c(c3)[C@]3(C[C@@H]5CCC3C5)c3ccccc3-4)c3c2ccc2c3-c3ccccc3[C@@]23CC2CCC3C2)cc1. The van der Waals surface area contributed by atoms with E-state index in [1.165, 1.54) is 124 Å².